The van der Waals surface area contributed by atoms with Crippen LogP contribution in [0.1, 0.15) is 50.2 Å². The lowest BCUT2D eigenvalue weighted by molar-refractivity contribution is -0.152. The smallest absolute Gasteiger partial charge is 0.326 e. The van der Waals surface area contributed by atoms with Gasteiger partial charge in [-0.1, -0.05) is 13.0 Å². The van der Waals surface area contributed by atoms with E-state index in [1.165, 1.54) is 0 Å². The number of nitrogens with one attached hydrogen (secondary N) is 1. The molecule has 0 spiro atoms. The molecule has 7 nitrogen and oxygen atoms in total. The highest BCUT2D eigenvalue weighted by Gasteiger charge is 2.52. The summed E-state index contributed by atoms with van der Waals surface area (Å²) in [6.07, 6.45) is 4.04. The van der Waals surface area contributed by atoms with Crippen molar-refractivity contribution in [1.82, 2.24) is 10.2 Å². The van der Waals surface area contributed by atoms with Gasteiger partial charge in [-0.25, -0.2) is 4.79 Å². The number of urea groups is 1. The first-order valence-electron chi connectivity index (χ1n) is 9.40. The summed E-state index contributed by atoms with van der Waals surface area (Å²) in [6.45, 7) is 3.35. The molecule has 1 aliphatic carbocycles. The minimum atomic E-state index is -1.18. The lowest BCUT2D eigenvalue weighted by Crippen LogP contribution is -2.44. The maximum atomic E-state index is 13.1. The van der Waals surface area contributed by atoms with Crippen molar-refractivity contribution in [3.05, 3.63) is 29.3 Å². The van der Waals surface area contributed by atoms with Gasteiger partial charge in [-0.3, -0.25) is 14.5 Å². The Hall–Kier alpha value is -2.57. The highest BCUT2D eigenvalue weighted by atomic mass is 16.5. The van der Waals surface area contributed by atoms with E-state index in [1.54, 1.807) is 19.2 Å². The number of hydrogen-bond donors (Lipinski definition) is 1. The van der Waals surface area contributed by atoms with Gasteiger partial charge in [0, 0.05) is 0 Å². The van der Waals surface area contributed by atoms with Gasteiger partial charge in [-0.15, -0.1) is 0 Å². The molecule has 1 saturated heterocycles. The summed E-state index contributed by atoms with van der Waals surface area (Å²) in [5, 5.41) is 2.79. The number of carbonyl (C=O) groups is 3. The molecule has 1 aromatic rings. The molecule has 27 heavy (non-hydrogen) atoms. The monoisotopic (exact) mass is 374 g/mol. The van der Waals surface area contributed by atoms with Crippen LogP contribution in [-0.4, -0.2) is 42.6 Å². The third-order valence-electron chi connectivity index (χ3n) is 5.48. The highest BCUT2D eigenvalue weighted by molar-refractivity contribution is 6.09. The zero-order valence-corrected chi connectivity index (χ0v) is 16.0. The van der Waals surface area contributed by atoms with Gasteiger partial charge >= 0.3 is 12.0 Å². The third kappa shape index (κ3) is 3.50. The molecule has 146 valence electrons. The Bertz CT molecular complexity index is 757. The number of ether oxygens (including phenoxy) is 2. The lowest BCUT2D eigenvalue weighted by Gasteiger charge is -2.26. The Balaban J connectivity index is 1.79. The zero-order chi connectivity index (χ0) is 19.6. The predicted molar refractivity (Wildman–Crippen MR) is 98.3 cm³/mol. The minimum absolute atomic E-state index is 0.0987. The van der Waals surface area contributed by atoms with E-state index in [4.69, 9.17) is 9.47 Å². The van der Waals surface area contributed by atoms with Crippen LogP contribution < -0.4 is 10.1 Å². The van der Waals surface area contributed by atoms with Crippen LogP contribution in [0.4, 0.5) is 4.79 Å². The average molecular weight is 374 g/mol. The van der Waals surface area contributed by atoms with Gasteiger partial charge in [0.05, 0.1) is 7.11 Å². The summed E-state index contributed by atoms with van der Waals surface area (Å²) < 4.78 is 10.7. The van der Waals surface area contributed by atoms with Crippen molar-refractivity contribution in [3.63, 3.8) is 0 Å². The summed E-state index contributed by atoms with van der Waals surface area (Å²) in [4.78, 5) is 38.8. The largest absolute Gasteiger partial charge is 0.496 e. The molecule has 1 saturated carbocycles. The Labute approximate surface area is 159 Å². The maximum Gasteiger partial charge on any atom is 0.326 e. The third-order valence-corrected chi connectivity index (χ3v) is 5.48. The first-order valence-corrected chi connectivity index (χ1v) is 9.40. The minimum Gasteiger partial charge on any atom is -0.496 e. The molecular formula is C20H26N2O5. The van der Waals surface area contributed by atoms with E-state index in [1.807, 2.05) is 19.9 Å². The number of benzene rings is 1. The maximum absolute atomic E-state index is 13.1. The molecule has 2 aliphatic rings. The van der Waals surface area contributed by atoms with E-state index >= 15 is 0 Å². The number of imide groups is 1. The predicted octanol–water partition coefficient (Wildman–Crippen LogP) is 2.65. The van der Waals surface area contributed by atoms with Gasteiger partial charge in [0.15, 0.2) is 0 Å². The number of rotatable bonds is 6. The van der Waals surface area contributed by atoms with Crippen molar-refractivity contribution in [1.29, 1.82) is 0 Å². The van der Waals surface area contributed by atoms with E-state index in [0.717, 1.165) is 36.1 Å². The molecule has 1 unspecified atom stereocenters. The number of amides is 3. The molecule has 7 heteroatoms. The molecule has 0 bridgehead atoms. The molecule has 1 N–H and O–H groups in total. The summed E-state index contributed by atoms with van der Waals surface area (Å²) in [6, 6.07) is 4.81. The van der Waals surface area contributed by atoms with Crippen molar-refractivity contribution in [2.75, 3.05) is 13.7 Å². The van der Waals surface area contributed by atoms with Crippen LogP contribution in [-0.2, 0) is 19.9 Å². The fourth-order valence-electron chi connectivity index (χ4n) is 3.91. The second kappa shape index (κ2) is 7.58. The Morgan fingerprint density at radius 3 is 2.59 bits per heavy atom. The standard InChI is InChI=1S/C20H26N2O5/c1-4-20(14-9-10-16(26-3)13(2)11-14)18(24)22(19(25)21-20)12-17(23)27-15-7-5-6-8-15/h9-11,15H,4-8,12H2,1-3H3,(H,21,25). The van der Waals surface area contributed by atoms with Crippen LogP contribution in [0.3, 0.4) is 0 Å². The highest BCUT2D eigenvalue weighted by Crippen LogP contribution is 2.34. The van der Waals surface area contributed by atoms with E-state index in [2.05, 4.69) is 5.32 Å². The number of nitrogens with zero attached hydrogens (tertiary/aromatic N) is 1. The molecule has 1 aromatic carbocycles. The van der Waals surface area contributed by atoms with Crippen LogP contribution >= 0.6 is 0 Å². The first-order chi connectivity index (χ1) is 12.9. The van der Waals surface area contributed by atoms with Crippen LogP contribution in [0.2, 0.25) is 0 Å². The zero-order valence-electron chi connectivity index (χ0n) is 16.0. The van der Waals surface area contributed by atoms with Gasteiger partial charge in [-0.2, -0.15) is 0 Å². The Kier molecular flexibility index (Phi) is 5.39. The first kappa shape index (κ1) is 19.2. The Morgan fingerprint density at radius 1 is 1.30 bits per heavy atom. The molecule has 1 atom stereocenters. The number of methoxy groups -OCH3 is 1. The summed E-state index contributed by atoms with van der Waals surface area (Å²) >= 11 is 0. The topological polar surface area (TPSA) is 84.9 Å². The summed E-state index contributed by atoms with van der Waals surface area (Å²) in [5.74, 6) is -0.259. The number of esters is 1. The molecule has 2 fully saturated rings. The quantitative estimate of drug-likeness (QED) is 0.611. The van der Waals surface area contributed by atoms with E-state index in [0.29, 0.717) is 17.7 Å². The fourth-order valence-corrected chi connectivity index (χ4v) is 3.91. The number of aryl methyl sites for hydroxylation is 1. The Morgan fingerprint density at radius 2 is 2.00 bits per heavy atom. The summed E-state index contributed by atoms with van der Waals surface area (Å²) in [5.41, 5.74) is 0.360. The molecule has 3 rings (SSSR count). The SMILES string of the molecule is CCC1(c2ccc(OC)c(C)c2)NC(=O)N(CC(=O)OC2CCCC2)C1=O. The van der Waals surface area contributed by atoms with Gasteiger partial charge in [0.1, 0.15) is 23.9 Å². The molecule has 1 heterocycles. The van der Waals surface area contributed by atoms with E-state index in [9.17, 15) is 14.4 Å². The van der Waals surface area contributed by atoms with Crippen molar-refractivity contribution >= 4 is 17.9 Å². The van der Waals surface area contributed by atoms with Crippen molar-refractivity contribution in [2.45, 2.75) is 57.6 Å². The molecule has 1 aliphatic heterocycles. The van der Waals surface area contributed by atoms with Crippen LogP contribution in [0.15, 0.2) is 18.2 Å². The molecular weight excluding hydrogens is 348 g/mol. The van der Waals surface area contributed by atoms with Crippen molar-refractivity contribution in [3.8, 4) is 5.75 Å². The van der Waals surface area contributed by atoms with Crippen molar-refractivity contribution in [2.24, 2.45) is 0 Å². The average Bonchev–Trinajstić information content (AvgIpc) is 3.23. The fraction of sp³-hybridized carbons (Fsp3) is 0.550. The van der Waals surface area contributed by atoms with Crippen LogP contribution in [0, 0.1) is 6.92 Å². The number of carbonyl (C=O) groups excluding carboxylic acids is 3. The second-order valence-corrected chi connectivity index (χ2v) is 7.16. The lowest BCUT2D eigenvalue weighted by atomic mass is 9.86. The van der Waals surface area contributed by atoms with Gasteiger partial charge in [0.2, 0.25) is 0 Å². The van der Waals surface area contributed by atoms with E-state index < -0.39 is 23.4 Å². The molecule has 0 radical (unpaired) electrons. The van der Waals surface area contributed by atoms with Gasteiger partial charge in [0.25, 0.3) is 5.91 Å². The van der Waals surface area contributed by atoms with Gasteiger partial charge in [-0.05, 0) is 62.3 Å². The molecule has 0 aromatic heterocycles. The summed E-state index contributed by atoms with van der Waals surface area (Å²) in [7, 11) is 1.58. The van der Waals surface area contributed by atoms with Gasteiger partial charge < -0.3 is 14.8 Å². The molecule has 3 amide bonds. The van der Waals surface area contributed by atoms with Crippen LogP contribution in [0.25, 0.3) is 0 Å². The normalized spacial score (nSPS) is 22.9. The second-order valence-electron chi connectivity index (χ2n) is 7.16. The van der Waals surface area contributed by atoms with Crippen molar-refractivity contribution < 1.29 is 23.9 Å². The van der Waals surface area contributed by atoms with E-state index in [-0.39, 0.29) is 12.6 Å². The van der Waals surface area contributed by atoms with Crippen LogP contribution in [0.5, 0.6) is 5.75 Å². The number of hydrogen-bond acceptors (Lipinski definition) is 5.